The van der Waals surface area contributed by atoms with Gasteiger partial charge in [-0.15, -0.1) is 0 Å². The second-order valence-corrected chi connectivity index (χ2v) is 5.68. The molecule has 1 aliphatic heterocycles. The number of carbonyl (C=O) groups is 1. The number of nitrogens with zero attached hydrogens (tertiary/aromatic N) is 2. The summed E-state index contributed by atoms with van der Waals surface area (Å²) in [5.41, 5.74) is 1.99. The van der Waals surface area contributed by atoms with Gasteiger partial charge in [-0.2, -0.15) is 5.10 Å². The molecule has 100 valence electrons. The van der Waals surface area contributed by atoms with Crippen molar-refractivity contribution in [1.29, 1.82) is 0 Å². The molecular weight excluding hydrogens is 230 g/mol. The van der Waals surface area contributed by atoms with Crippen LogP contribution in [-0.4, -0.2) is 45.8 Å². The van der Waals surface area contributed by atoms with Gasteiger partial charge in [0.05, 0.1) is 23.0 Å². The van der Waals surface area contributed by atoms with E-state index in [4.69, 9.17) is 4.74 Å². The highest BCUT2D eigenvalue weighted by molar-refractivity contribution is 5.96. The maximum Gasteiger partial charge on any atom is 0.257 e. The lowest BCUT2D eigenvalue weighted by Crippen LogP contribution is -2.53. The third-order valence-electron chi connectivity index (χ3n) is 3.20. The van der Waals surface area contributed by atoms with E-state index in [1.165, 1.54) is 0 Å². The lowest BCUT2D eigenvalue weighted by atomic mass is 10.0. The number of nitrogens with one attached hydrogen (secondary N) is 1. The van der Waals surface area contributed by atoms with Gasteiger partial charge in [-0.05, 0) is 34.6 Å². The molecule has 2 heterocycles. The summed E-state index contributed by atoms with van der Waals surface area (Å²) in [6.07, 6.45) is 0.0604. The van der Waals surface area contributed by atoms with Gasteiger partial charge in [-0.3, -0.25) is 9.89 Å². The highest BCUT2D eigenvalue weighted by Crippen LogP contribution is 2.23. The van der Waals surface area contributed by atoms with Crippen LogP contribution < -0.4 is 0 Å². The molecule has 0 aromatic carbocycles. The fourth-order valence-corrected chi connectivity index (χ4v) is 2.63. The first kappa shape index (κ1) is 13.1. The molecule has 0 saturated carbocycles. The molecule has 1 atom stereocenters. The number of H-pyrrole nitrogens is 1. The van der Waals surface area contributed by atoms with Gasteiger partial charge in [0.1, 0.15) is 0 Å². The standard InChI is InChI=1S/C13H21N3O2/c1-8-6-16(7-13(4,5)18-8)12(17)11-9(2)14-15-10(11)3/h8H,6-7H2,1-5H3,(H,14,15). The molecular formula is C13H21N3O2. The molecule has 5 heteroatoms. The Labute approximate surface area is 108 Å². The smallest absolute Gasteiger partial charge is 0.257 e. The molecule has 1 amide bonds. The Kier molecular flexibility index (Phi) is 3.19. The molecule has 1 aliphatic rings. The van der Waals surface area contributed by atoms with E-state index in [0.29, 0.717) is 18.7 Å². The molecule has 0 aliphatic carbocycles. The highest BCUT2D eigenvalue weighted by atomic mass is 16.5. The van der Waals surface area contributed by atoms with Crippen molar-refractivity contribution in [3.05, 3.63) is 17.0 Å². The van der Waals surface area contributed by atoms with E-state index in [1.807, 2.05) is 39.5 Å². The SMILES string of the molecule is Cc1n[nH]c(C)c1C(=O)N1CC(C)OC(C)(C)C1. The number of carbonyl (C=O) groups excluding carboxylic acids is 1. The van der Waals surface area contributed by atoms with E-state index in [2.05, 4.69) is 10.2 Å². The number of aromatic nitrogens is 2. The molecule has 0 bridgehead atoms. The Hall–Kier alpha value is -1.36. The van der Waals surface area contributed by atoms with Gasteiger partial charge in [-0.1, -0.05) is 0 Å². The zero-order chi connectivity index (χ0) is 13.5. The van der Waals surface area contributed by atoms with Crippen LogP contribution >= 0.6 is 0 Å². The third kappa shape index (κ3) is 2.41. The molecule has 18 heavy (non-hydrogen) atoms. The van der Waals surface area contributed by atoms with Gasteiger partial charge in [0.2, 0.25) is 0 Å². The largest absolute Gasteiger partial charge is 0.369 e. The molecule has 5 nitrogen and oxygen atoms in total. The number of morpholine rings is 1. The first-order valence-corrected chi connectivity index (χ1v) is 6.29. The summed E-state index contributed by atoms with van der Waals surface area (Å²) < 4.78 is 5.81. The number of ether oxygens (including phenoxy) is 1. The van der Waals surface area contributed by atoms with Gasteiger partial charge in [-0.25, -0.2) is 0 Å². The summed E-state index contributed by atoms with van der Waals surface area (Å²) in [6, 6.07) is 0. The van der Waals surface area contributed by atoms with Crippen LogP contribution in [-0.2, 0) is 4.74 Å². The zero-order valence-corrected chi connectivity index (χ0v) is 11.7. The summed E-state index contributed by atoms with van der Waals surface area (Å²) in [4.78, 5) is 14.4. The fourth-order valence-electron chi connectivity index (χ4n) is 2.63. The molecule has 1 aromatic rings. The predicted octanol–water partition coefficient (Wildman–Crippen LogP) is 1.67. The molecule has 1 N–H and O–H groups in total. The van der Waals surface area contributed by atoms with Crippen molar-refractivity contribution in [3.8, 4) is 0 Å². The van der Waals surface area contributed by atoms with Crippen molar-refractivity contribution in [1.82, 2.24) is 15.1 Å². The van der Waals surface area contributed by atoms with E-state index >= 15 is 0 Å². The van der Waals surface area contributed by atoms with Crippen molar-refractivity contribution in [2.24, 2.45) is 0 Å². The van der Waals surface area contributed by atoms with Crippen LogP contribution in [0.3, 0.4) is 0 Å². The Morgan fingerprint density at radius 3 is 2.67 bits per heavy atom. The van der Waals surface area contributed by atoms with Crippen molar-refractivity contribution in [2.45, 2.75) is 46.3 Å². The minimum Gasteiger partial charge on any atom is -0.369 e. The minimum absolute atomic E-state index is 0.0435. The van der Waals surface area contributed by atoms with E-state index < -0.39 is 0 Å². The highest BCUT2D eigenvalue weighted by Gasteiger charge is 2.35. The first-order valence-electron chi connectivity index (χ1n) is 6.29. The molecule has 0 radical (unpaired) electrons. The van der Waals surface area contributed by atoms with Crippen LogP contribution in [0.15, 0.2) is 0 Å². The Morgan fingerprint density at radius 2 is 2.17 bits per heavy atom. The third-order valence-corrected chi connectivity index (χ3v) is 3.20. The lowest BCUT2D eigenvalue weighted by molar-refractivity contribution is -0.118. The van der Waals surface area contributed by atoms with Gasteiger partial charge in [0.25, 0.3) is 5.91 Å². The molecule has 2 rings (SSSR count). The van der Waals surface area contributed by atoms with Gasteiger partial charge in [0, 0.05) is 18.8 Å². The van der Waals surface area contributed by atoms with E-state index in [-0.39, 0.29) is 17.6 Å². The van der Waals surface area contributed by atoms with Gasteiger partial charge >= 0.3 is 0 Å². The zero-order valence-electron chi connectivity index (χ0n) is 11.7. The number of hydrogen-bond acceptors (Lipinski definition) is 3. The van der Waals surface area contributed by atoms with Crippen molar-refractivity contribution in [3.63, 3.8) is 0 Å². The predicted molar refractivity (Wildman–Crippen MR) is 68.6 cm³/mol. The normalized spacial score (nSPS) is 23.2. The maximum absolute atomic E-state index is 12.5. The summed E-state index contributed by atoms with van der Waals surface area (Å²) in [6.45, 7) is 11.0. The van der Waals surface area contributed by atoms with E-state index in [9.17, 15) is 4.79 Å². The first-order chi connectivity index (χ1) is 8.30. The Bertz CT molecular complexity index is 445. The molecule has 1 unspecified atom stereocenters. The Balaban J connectivity index is 2.24. The van der Waals surface area contributed by atoms with Gasteiger partial charge < -0.3 is 9.64 Å². The van der Waals surface area contributed by atoms with Crippen LogP contribution in [0.1, 0.15) is 42.5 Å². The molecule has 0 spiro atoms. The van der Waals surface area contributed by atoms with E-state index in [1.54, 1.807) is 0 Å². The molecule has 1 saturated heterocycles. The topological polar surface area (TPSA) is 58.2 Å². The summed E-state index contributed by atoms with van der Waals surface area (Å²) in [5.74, 6) is 0.0435. The van der Waals surface area contributed by atoms with E-state index in [0.717, 1.165) is 11.4 Å². The second-order valence-electron chi connectivity index (χ2n) is 5.68. The van der Waals surface area contributed by atoms with Crippen molar-refractivity contribution >= 4 is 5.91 Å². The maximum atomic E-state index is 12.5. The average molecular weight is 251 g/mol. The summed E-state index contributed by atoms with van der Waals surface area (Å²) in [5, 5.41) is 6.94. The average Bonchev–Trinajstić information content (AvgIpc) is 2.54. The summed E-state index contributed by atoms with van der Waals surface area (Å²) >= 11 is 0. The number of aryl methyl sites for hydroxylation is 2. The monoisotopic (exact) mass is 251 g/mol. The molecule has 1 fully saturated rings. The van der Waals surface area contributed by atoms with Crippen LogP contribution in [0.2, 0.25) is 0 Å². The quantitative estimate of drug-likeness (QED) is 0.826. The Morgan fingerprint density at radius 1 is 1.50 bits per heavy atom. The van der Waals surface area contributed by atoms with Crippen molar-refractivity contribution in [2.75, 3.05) is 13.1 Å². The summed E-state index contributed by atoms with van der Waals surface area (Å²) in [7, 11) is 0. The van der Waals surface area contributed by atoms with Crippen LogP contribution in [0.4, 0.5) is 0 Å². The molecule has 1 aromatic heterocycles. The minimum atomic E-state index is -0.293. The fraction of sp³-hybridized carbons (Fsp3) is 0.692. The van der Waals surface area contributed by atoms with Crippen LogP contribution in [0, 0.1) is 13.8 Å². The second kappa shape index (κ2) is 4.39. The van der Waals surface area contributed by atoms with Gasteiger partial charge in [0.15, 0.2) is 0 Å². The number of aromatic amines is 1. The number of rotatable bonds is 1. The lowest BCUT2D eigenvalue weighted by Gasteiger charge is -2.41. The number of amides is 1. The van der Waals surface area contributed by atoms with Crippen LogP contribution in [0.5, 0.6) is 0 Å². The number of hydrogen-bond donors (Lipinski definition) is 1. The van der Waals surface area contributed by atoms with Crippen molar-refractivity contribution < 1.29 is 9.53 Å². The van der Waals surface area contributed by atoms with Crippen LogP contribution in [0.25, 0.3) is 0 Å².